The Kier molecular flexibility index (Phi) is 12.1. The molecule has 0 rings (SSSR count). The largest absolute Gasteiger partial charge is 1.00 e. The van der Waals surface area contributed by atoms with Crippen LogP contribution in [0.15, 0.2) is 0 Å². The molecule has 0 aromatic carbocycles. The van der Waals surface area contributed by atoms with E-state index >= 15 is 0 Å². The molecule has 0 amide bonds. The van der Waals surface area contributed by atoms with E-state index in [9.17, 15) is 9.90 Å². The minimum Gasteiger partial charge on any atom is -0.550 e. The first-order chi connectivity index (χ1) is 5.63. The van der Waals surface area contributed by atoms with Crippen LogP contribution in [0.4, 0.5) is 0 Å². The van der Waals surface area contributed by atoms with E-state index in [1.807, 2.05) is 0 Å². The first kappa shape index (κ1) is 15.5. The van der Waals surface area contributed by atoms with Crippen molar-refractivity contribution in [2.45, 2.75) is 52.4 Å². The molecule has 0 fully saturated rings. The molecule has 0 radical (unpaired) electrons. The second kappa shape index (κ2) is 10.2. The minimum absolute atomic E-state index is 0. The maximum atomic E-state index is 10.0. The van der Waals surface area contributed by atoms with E-state index in [0.717, 1.165) is 25.2 Å². The number of carboxylic acids is 1. The van der Waals surface area contributed by atoms with E-state index in [1.165, 1.54) is 12.8 Å². The summed E-state index contributed by atoms with van der Waals surface area (Å²) in [5.41, 5.74) is 0. The number of carboxylic acid groups (broad SMARTS) is 1. The first-order valence-corrected chi connectivity index (χ1v) is 4.82. The number of hydrogen-bond acceptors (Lipinski definition) is 2. The van der Waals surface area contributed by atoms with Crippen molar-refractivity contribution in [3.05, 3.63) is 0 Å². The molecule has 0 aromatic heterocycles. The molecule has 0 heterocycles. The van der Waals surface area contributed by atoms with Gasteiger partial charge in [-0.1, -0.05) is 39.5 Å². The number of hydrogen-bond donors (Lipinski definition) is 0. The van der Waals surface area contributed by atoms with Crippen LogP contribution in [0.2, 0.25) is 0 Å². The predicted octanol–water partition coefficient (Wildman–Crippen LogP) is -1.26. The molecule has 3 heteroatoms. The molecule has 2 nitrogen and oxygen atoms in total. The van der Waals surface area contributed by atoms with Gasteiger partial charge in [0.05, 0.1) is 0 Å². The molecule has 0 bridgehead atoms. The average Bonchev–Trinajstić information content (AvgIpc) is 1.95. The monoisotopic (exact) mass is 178 g/mol. The molecule has 0 aliphatic rings. The molecule has 0 saturated heterocycles. The maximum Gasteiger partial charge on any atom is 1.00 e. The third-order valence-corrected chi connectivity index (χ3v) is 1.91. The van der Waals surface area contributed by atoms with Gasteiger partial charge in [-0.25, -0.2) is 0 Å². The van der Waals surface area contributed by atoms with Crippen molar-refractivity contribution in [1.29, 1.82) is 0 Å². The fraction of sp³-hybridized carbons (Fsp3) is 0.900. The predicted molar refractivity (Wildman–Crippen MR) is 47.5 cm³/mol. The summed E-state index contributed by atoms with van der Waals surface area (Å²) in [6, 6.07) is 0. The molecular formula is C10H19LiO2. The quantitative estimate of drug-likeness (QED) is 0.360. The number of carbonyl (C=O) groups excluding carboxylic acids is 1. The number of rotatable bonds is 7. The van der Waals surface area contributed by atoms with E-state index in [4.69, 9.17) is 0 Å². The normalized spacial score (nSPS) is 9.77. The Morgan fingerprint density at radius 3 is 2.15 bits per heavy atom. The second-order valence-electron chi connectivity index (χ2n) is 3.72. The van der Waals surface area contributed by atoms with Gasteiger partial charge in [0, 0.05) is 5.97 Å². The van der Waals surface area contributed by atoms with Crippen LogP contribution >= 0.6 is 0 Å². The van der Waals surface area contributed by atoms with Gasteiger partial charge in [-0.05, 0) is 18.8 Å². The van der Waals surface area contributed by atoms with Gasteiger partial charge in [-0.15, -0.1) is 0 Å². The van der Waals surface area contributed by atoms with Gasteiger partial charge in [0.1, 0.15) is 0 Å². The van der Waals surface area contributed by atoms with E-state index in [-0.39, 0.29) is 25.3 Å². The molecule has 0 aliphatic heterocycles. The van der Waals surface area contributed by atoms with Crippen molar-refractivity contribution in [3.63, 3.8) is 0 Å². The summed E-state index contributed by atoms with van der Waals surface area (Å²) in [7, 11) is 0. The zero-order valence-corrected chi connectivity index (χ0v) is 9.14. The fourth-order valence-corrected chi connectivity index (χ4v) is 1.18. The van der Waals surface area contributed by atoms with Crippen LogP contribution in [-0.4, -0.2) is 5.97 Å². The van der Waals surface area contributed by atoms with Crippen LogP contribution in [0.3, 0.4) is 0 Å². The molecule has 0 saturated carbocycles. The smallest absolute Gasteiger partial charge is 0.550 e. The van der Waals surface area contributed by atoms with Crippen molar-refractivity contribution >= 4 is 5.97 Å². The van der Waals surface area contributed by atoms with E-state index < -0.39 is 5.97 Å². The van der Waals surface area contributed by atoms with Crippen LogP contribution in [0.1, 0.15) is 52.4 Å². The van der Waals surface area contributed by atoms with Crippen molar-refractivity contribution in [2.24, 2.45) is 5.92 Å². The van der Waals surface area contributed by atoms with Crippen molar-refractivity contribution in [2.75, 3.05) is 0 Å². The molecule has 0 N–H and O–H groups in total. The summed E-state index contributed by atoms with van der Waals surface area (Å²) in [5, 5.41) is 10.0. The van der Waals surface area contributed by atoms with E-state index in [2.05, 4.69) is 13.8 Å². The van der Waals surface area contributed by atoms with Gasteiger partial charge >= 0.3 is 18.9 Å². The van der Waals surface area contributed by atoms with Crippen molar-refractivity contribution < 1.29 is 28.8 Å². The Labute approximate surface area is 93.3 Å². The standard InChI is InChI=1S/C10H20O2.Li/c1-9(2)7-5-3-4-6-8-10(11)12;/h9H,3-8H2,1-2H3,(H,11,12);/q;+1/p-1. The molecular weight excluding hydrogens is 159 g/mol. The van der Waals surface area contributed by atoms with Gasteiger partial charge in [0.15, 0.2) is 0 Å². The SMILES string of the molecule is CC(C)CCCCCCC(=O)[O-].[Li+]. The van der Waals surface area contributed by atoms with Gasteiger partial charge in [-0.2, -0.15) is 0 Å². The summed E-state index contributed by atoms with van der Waals surface area (Å²) in [6.45, 7) is 4.42. The Morgan fingerprint density at radius 2 is 1.69 bits per heavy atom. The van der Waals surface area contributed by atoms with Crippen LogP contribution < -0.4 is 24.0 Å². The maximum absolute atomic E-state index is 10.0. The third-order valence-electron chi connectivity index (χ3n) is 1.91. The Hall–Kier alpha value is 0.0674. The molecule has 0 spiro atoms. The average molecular weight is 178 g/mol. The van der Waals surface area contributed by atoms with Crippen molar-refractivity contribution in [1.82, 2.24) is 0 Å². The number of aliphatic carboxylic acids is 1. The van der Waals surface area contributed by atoms with E-state index in [1.54, 1.807) is 0 Å². The molecule has 72 valence electrons. The zero-order chi connectivity index (χ0) is 9.40. The zero-order valence-electron chi connectivity index (χ0n) is 9.14. The third kappa shape index (κ3) is 14.9. The summed E-state index contributed by atoms with van der Waals surface area (Å²) in [6.07, 6.45) is 5.67. The van der Waals surface area contributed by atoms with Gasteiger partial charge in [0.25, 0.3) is 0 Å². The summed E-state index contributed by atoms with van der Waals surface area (Å²) in [5.74, 6) is -0.148. The van der Waals surface area contributed by atoms with Gasteiger partial charge < -0.3 is 9.90 Å². The minimum atomic E-state index is -0.918. The Bertz CT molecular complexity index is 124. The van der Waals surface area contributed by atoms with Gasteiger partial charge in [0.2, 0.25) is 0 Å². The van der Waals surface area contributed by atoms with Crippen LogP contribution in [0.25, 0.3) is 0 Å². The van der Waals surface area contributed by atoms with Crippen LogP contribution in [0, 0.1) is 5.92 Å². The topological polar surface area (TPSA) is 40.1 Å². The summed E-state index contributed by atoms with van der Waals surface area (Å²) >= 11 is 0. The van der Waals surface area contributed by atoms with Crippen molar-refractivity contribution in [3.8, 4) is 0 Å². The van der Waals surface area contributed by atoms with Gasteiger partial charge in [-0.3, -0.25) is 0 Å². The summed E-state index contributed by atoms with van der Waals surface area (Å²) in [4.78, 5) is 10.0. The second-order valence-corrected chi connectivity index (χ2v) is 3.72. The van der Waals surface area contributed by atoms with Crippen LogP contribution in [-0.2, 0) is 4.79 Å². The Morgan fingerprint density at radius 1 is 1.15 bits per heavy atom. The first-order valence-electron chi connectivity index (χ1n) is 4.82. The Balaban J connectivity index is 0. The number of carbonyl (C=O) groups is 1. The summed E-state index contributed by atoms with van der Waals surface area (Å²) < 4.78 is 0. The number of unbranched alkanes of at least 4 members (excludes halogenated alkanes) is 3. The molecule has 0 aliphatic carbocycles. The molecule has 0 aromatic rings. The van der Waals surface area contributed by atoms with Crippen LogP contribution in [0.5, 0.6) is 0 Å². The molecule has 13 heavy (non-hydrogen) atoms. The van der Waals surface area contributed by atoms with E-state index in [0.29, 0.717) is 0 Å². The molecule has 0 atom stereocenters. The molecule has 0 unspecified atom stereocenters. The fourth-order valence-electron chi connectivity index (χ4n) is 1.18.